The molecule has 2 N–H and O–H groups in total. The van der Waals surface area contributed by atoms with Crippen molar-refractivity contribution in [3.63, 3.8) is 0 Å². The maximum absolute atomic E-state index is 5.99. The summed E-state index contributed by atoms with van der Waals surface area (Å²) in [5.74, 6) is 1.04. The molecule has 0 aliphatic rings. The summed E-state index contributed by atoms with van der Waals surface area (Å²) in [7, 11) is 2.01. The minimum absolute atomic E-state index is 0.398. The number of nitrogens with zero attached hydrogens (tertiary/aromatic N) is 1. The zero-order chi connectivity index (χ0) is 12.3. The largest absolute Gasteiger partial charge is 0.397 e. The second kappa shape index (κ2) is 5.89. The van der Waals surface area contributed by atoms with Crippen molar-refractivity contribution in [2.45, 2.75) is 13.0 Å². The van der Waals surface area contributed by atoms with Crippen LogP contribution in [0.5, 0.6) is 0 Å². The molecule has 0 amide bonds. The van der Waals surface area contributed by atoms with E-state index in [0.717, 1.165) is 11.4 Å². The van der Waals surface area contributed by atoms with Crippen molar-refractivity contribution in [1.29, 1.82) is 0 Å². The normalized spacial score (nSPS) is 12.6. The number of nitrogen functional groups attached to an aromatic ring is 1. The smallest absolute Gasteiger partial charge is 0.0616 e. The second-order valence-electron chi connectivity index (χ2n) is 3.74. The molecule has 1 unspecified atom stereocenters. The molecule has 0 aromatic heterocycles. The molecule has 0 aliphatic carbocycles. The van der Waals surface area contributed by atoms with Gasteiger partial charge in [0.25, 0.3) is 0 Å². The van der Waals surface area contributed by atoms with E-state index < -0.39 is 0 Å². The summed E-state index contributed by atoms with van der Waals surface area (Å²) in [6, 6.07) is 3.91. The van der Waals surface area contributed by atoms with Crippen molar-refractivity contribution < 1.29 is 0 Å². The van der Waals surface area contributed by atoms with E-state index in [1.165, 1.54) is 0 Å². The van der Waals surface area contributed by atoms with Gasteiger partial charge in [-0.25, -0.2) is 0 Å². The lowest BCUT2D eigenvalue weighted by atomic mass is 10.2. The Balaban J connectivity index is 2.99. The number of hydrogen-bond acceptors (Lipinski definition) is 3. The quantitative estimate of drug-likeness (QED) is 0.851. The molecule has 5 heteroatoms. The van der Waals surface area contributed by atoms with Crippen LogP contribution in [0.15, 0.2) is 12.1 Å². The van der Waals surface area contributed by atoms with Gasteiger partial charge in [-0.15, -0.1) is 0 Å². The monoisotopic (exact) mass is 278 g/mol. The van der Waals surface area contributed by atoms with Crippen LogP contribution in [0.4, 0.5) is 11.4 Å². The fraction of sp³-hybridized carbons (Fsp3) is 0.455. The molecule has 1 atom stereocenters. The average molecular weight is 279 g/mol. The van der Waals surface area contributed by atoms with Crippen molar-refractivity contribution >= 4 is 46.3 Å². The van der Waals surface area contributed by atoms with Crippen LogP contribution in [0.1, 0.15) is 6.92 Å². The van der Waals surface area contributed by atoms with Gasteiger partial charge in [-0.1, -0.05) is 23.2 Å². The van der Waals surface area contributed by atoms with Crippen molar-refractivity contribution in [3.8, 4) is 0 Å². The first-order chi connectivity index (χ1) is 7.47. The van der Waals surface area contributed by atoms with Crippen LogP contribution in [-0.2, 0) is 0 Å². The van der Waals surface area contributed by atoms with E-state index >= 15 is 0 Å². The van der Waals surface area contributed by atoms with Crippen LogP contribution >= 0.6 is 35.0 Å². The van der Waals surface area contributed by atoms with Crippen LogP contribution in [-0.4, -0.2) is 25.1 Å². The Labute approximate surface area is 111 Å². The fourth-order valence-electron chi connectivity index (χ4n) is 1.45. The van der Waals surface area contributed by atoms with Gasteiger partial charge in [-0.2, -0.15) is 11.8 Å². The van der Waals surface area contributed by atoms with Crippen molar-refractivity contribution in [2.24, 2.45) is 0 Å². The van der Waals surface area contributed by atoms with Gasteiger partial charge < -0.3 is 10.6 Å². The Morgan fingerprint density at radius 2 is 1.94 bits per heavy atom. The van der Waals surface area contributed by atoms with Gasteiger partial charge in [0.15, 0.2) is 0 Å². The summed E-state index contributed by atoms with van der Waals surface area (Å²) in [5, 5.41) is 1.03. The van der Waals surface area contributed by atoms with Crippen molar-refractivity contribution in [3.05, 3.63) is 22.2 Å². The first-order valence-electron chi connectivity index (χ1n) is 4.93. The molecule has 1 aromatic carbocycles. The number of rotatable bonds is 4. The molecule has 0 spiro atoms. The highest BCUT2D eigenvalue weighted by atomic mass is 35.5. The van der Waals surface area contributed by atoms with E-state index in [-0.39, 0.29) is 0 Å². The van der Waals surface area contributed by atoms with E-state index in [1.54, 1.807) is 17.8 Å². The molecule has 16 heavy (non-hydrogen) atoms. The van der Waals surface area contributed by atoms with Crippen LogP contribution in [0.2, 0.25) is 10.0 Å². The van der Waals surface area contributed by atoms with Gasteiger partial charge in [-0.3, -0.25) is 0 Å². The third-order valence-corrected chi connectivity index (χ3v) is 4.06. The Morgan fingerprint density at radius 1 is 1.38 bits per heavy atom. The minimum atomic E-state index is 0.398. The summed E-state index contributed by atoms with van der Waals surface area (Å²) in [4.78, 5) is 2.12. The molecule has 0 heterocycles. The first kappa shape index (κ1) is 13.8. The second-order valence-corrected chi connectivity index (χ2v) is 5.47. The predicted molar refractivity (Wildman–Crippen MR) is 77.1 cm³/mol. The Hall–Kier alpha value is -0.250. The van der Waals surface area contributed by atoms with E-state index in [9.17, 15) is 0 Å². The maximum atomic E-state index is 5.99. The number of hydrogen-bond donors (Lipinski definition) is 1. The summed E-state index contributed by atoms with van der Waals surface area (Å²) in [6.07, 6.45) is 2.09. The van der Waals surface area contributed by atoms with E-state index in [1.807, 2.05) is 13.1 Å². The molecule has 1 aromatic rings. The van der Waals surface area contributed by atoms with Crippen molar-refractivity contribution in [2.75, 3.05) is 29.7 Å². The Kier molecular flexibility index (Phi) is 5.09. The lowest BCUT2D eigenvalue weighted by molar-refractivity contribution is 0.766. The molecule has 0 saturated carbocycles. The number of halogens is 2. The molecule has 90 valence electrons. The third-order valence-electron chi connectivity index (χ3n) is 2.52. The van der Waals surface area contributed by atoms with Gasteiger partial charge >= 0.3 is 0 Å². The van der Waals surface area contributed by atoms with Crippen LogP contribution in [0.3, 0.4) is 0 Å². The van der Waals surface area contributed by atoms with Gasteiger partial charge in [-0.05, 0) is 25.3 Å². The van der Waals surface area contributed by atoms with Crippen molar-refractivity contribution in [1.82, 2.24) is 0 Å². The predicted octanol–water partition coefficient (Wildman–Crippen LogP) is 3.76. The van der Waals surface area contributed by atoms with Gasteiger partial charge in [0.05, 0.1) is 21.4 Å². The van der Waals surface area contributed by atoms with E-state index in [4.69, 9.17) is 28.9 Å². The summed E-state index contributed by atoms with van der Waals surface area (Å²) in [6.45, 7) is 2.15. The molecule has 0 bridgehead atoms. The van der Waals surface area contributed by atoms with Gasteiger partial charge in [0.1, 0.15) is 0 Å². The fourth-order valence-corrected chi connectivity index (χ4v) is 2.48. The van der Waals surface area contributed by atoms with Crippen LogP contribution in [0, 0.1) is 0 Å². The van der Waals surface area contributed by atoms with Gasteiger partial charge in [0, 0.05) is 18.8 Å². The number of benzene rings is 1. The highest BCUT2D eigenvalue weighted by molar-refractivity contribution is 7.98. The standard InChI is InChI=1S/C11H16Cl2N2S/c1-7(6-16-3)15(2)11-5-9(13)8(12)4-10(11)14/h4-5,7H,6,14H2,1-3H3. The van der Waals surface area contributed by atoms with Crippen LogP contribution < -0.4 is 10.6 Å². The molecular formula is C11H16Cl2N2S. The number of thioether (sulfide) groups is 1. The molecule has 2 nitrogen and oxygen atoms in total. The highest BCUT2D eigenvalue weighted by Gasteiger charge is 2.14. The van der Waals surface area contributed by atoms with E-state index in [0.29, 0.717) is 21.8 Å². The lowest BCUT2D eigenvalue weighted by Crippen LogP contribution is -2.31. The number of anilines is 2. The highest BCUT2D eigenvalue weighted by Crippen LogP contribution is 2.33. The molecule has 0 radical (unpaired) electrons. The number of nitrogens with two attached hydrogens (primary N) is 1. The maximum Gasteiger partial charge on any atom is 0.0616 e. The minimum Gasteiger partial charge on any atom is -0.397 e. The molecular weight excluding hydrogens is 263 g/mol. The summed E-state index contributed by atoms with van der Waals surface area (Å²) < 4.78 is 0. The van der Waals surface area contributed by atoms with Gasteiger partial charge in [0.2, 0.25) is 0 Å². The average Bonchev–Trinajstić information content (AvgIpc) is 2.23. The SMILES string of the molecule is CSCC(C)N(C)c1cc(Cl)c(Cl)cc1N. The summed E-state index contributed by atoms with van der Waals surface area (Å²) >= 11 is 13.7. The lowest BCUT2D eigenvalue weighted by Gasteiger charge is -2.28. The Morgan fingerprint density at radius 3 is 2.50 bits per heavy atom. The van der Waals surface area contributed by atoms with Crippen LogP contribution in [0.25, 0.3) is 0 Å². The zero-order valence-corrected chi connectivity index (χ0v) is 12.0. The zero-order valence-electron chi connectivity index (χ0n) is 9.63. The topological polar surface area (TPSA) is 29.3 Å². The summed E-state index contributed by atoms with van der Waals surface area (Å²) in [5.41, 5.74) is 7.52. The molecule has 0 fully saturated rings. The van der Waals surface area contributed by atoms with E-state index in [2.05, 4.69) is 18.1 Å². The molecule has 1 rings (SSSR count). The Bertz CT molecular complexity index is 371. The molecule has 0 aliphatic heterocycles. The third kappa shape index (κ3) is 3.12. The first-order valence-corrected chi connectivity index (χ1v) is 7.08. The molecule has 0 saturated heterocycles.